The van der Waals surface area contributed by atoms with Crippen molar-refractivity contribution in [1.82, 2.24) is 5.32 Å². The molecule has 2 N–H and O–H groups in total. The van der Waals surface area contributed by atoms with Crippen molar-refractivity contribution in [2.45, 2.75) is 6.42 Å². The molecule has 3 nitrogen and oxygen atoms in total. The molecule has 1 amide bonds. The van der Waals surface area contributed by atoms with Crippen LogP contribution in [0.1, 0.15) is 6.42 Å². The number of rotatable bonds is 2. The fourth-order valence-corrected chi connectivity index (χ4v) is 2.16. The molecule has 0 bridgehead atoms. The minimum Gasteiger partial charge on any atom is -0.322 e. The zero-order chi connectivity index (χ0) is 11.5. The Morgan fingerprint density at radius 2 is 2.38 bits per heavy atom. The first kappa shape index (κ1) is 11.5. The van der Waals surface area contributed by atoms with E-state index in [9.17, 15) is 9.18 Å². The van der Waals surface area contributed by atoms with Gasteiger partial charge >= 0.3 is 0 Å². The monoisotopic (exact) mass is 286 g/mol. The third-order valence-corrected chi connectivity index (χ3v) is 3.30. The second-order valence-corrected chi connectivity index (χ2v) is 4.63. The lowest BCUT2D eigenvalue weighted by atomic mass is 10.1. The Morgan fingerprint density at radius 1 is 1.56 bits per heavy atom. The van der Waals surface area contributed by atoms with Gasteiger partial charge in [-0.15, -0.1) is 0 Å². The van der Waals surface area contributed by atoms with E-state index in [1.54, 1.807) is 12.1 Å². The Bertz CT molecular complexity index is 385. The third-order valence-electron chi connectivity index (χ3n) is 2.64. The molecule has 0 aliphatic carbocycles. The number of amides is 1. The summed E-state index contributed by atoms with van der Waals surface area (Å²) in [6, 6.07) is 4.62. The fraction of sp³-hybridized carbons (Fsp3) is 0.364. The second-order valence-electron chi connectivity index (χ2n) is 3.78. The summed E-state index contributed by atoms with van der Waals surface area (Å²) in [4.78, 5) is 11.8. The molecule has 5 heteroatoms. The number of hydrogen-bond donors (Lipinski definition) is 2. The zero-order valence-electron chi connectivity index (χ0n) is 8.59. The van der Waals surface area contributed by atoms with Gasteiger partial charge in [-0.3, -0.25) is 4.79 Å². The number of carbonyl (C=O) groups excluding carboxylic acids is 1. The minimum atomic E-state index is -0.423. The number of benzene rings is 1. The molecule has 0 radical (unpaired) electrons. The van der Waals surface area contributed by atoms with E-state index < -0.39 is 5.82 Å². The van der Waals surface area contributed by atoms with Gasteiger partial charge in [-0.25, -0.2) is 4.39 Å². The number of halogens is 2. The molecule has 1 aromatic rings. The predicted octanol–water partition coefficient (Wildman–Crippen LogP) is 2.14. The van der Waals surface area contributed by atoms with E-state index in [2.05, 4.69) is 26.6 Å². The summed E-state index contributed by atoms with van der Waals surface area (Å²) in [7, 11) is 0. The number of anilines is 1. The van der Waals surface area contributed by atoms with Gasteiger partial charge in [-0.1, -0.05) is 6.07 Å². The van der Waals surface area contributed by atoms with Gasteiger partial charge in [-0.05, 0) is 41.0 Å². The molecule has 0 spiro atoms. The third kappa shape index (κ3) is 2.41. The first-order valence-corrected chi connectivity index (χ1v) is 5.93. The Kier molecular flexibility index (Phi) is 3.56. The van der Waals surface area contributed by atoms with Crippen LogP contribution in [0.15, 0.2) is 22.7 Å². The van der Waals surface area contributed by atoms with Crippen LogP contribution in [0.25, 0.3) is 0 Å². The van der Waals surface area contributed by atoms with Gasteiger partial charge in [0.15, 0.2) is 0 Å². The lowest BCUT2D eigenvalue weighted by molar-refractivity contribution is -0.119. The molecular formula is C11H12BrFN2O. The van der Waals surface area contributed by atoms with Gasteiger partial charge in [0.25, 0.3) is 0 Å². The first-order valence-electron chi connectivity index (χ1n) is 5.14. The standard InChI is InChI=1S/C11H12BrFN2O/c12-8-2-1-3-9(13)10(8)15-11(16)7-4-5-14-6-7/h1-3,7,14H,4-6H2,(H,15,16). The van der Waals surface area contributed by atoms with E-state index in [-0.39, 0.29) is 17.5 Å². The first-order chi connectivity index (χ1) is 7.68. The van der Waals surface area contributed by atoms with Crippen LogP contribution in [0.5, 0.6) is 0 Å². The summed E-state index contributed by atoms with van der Waals surface area (Å²) in [5, 5.41) is 5.72. The second kappa shape index (κ2) is 4.93. The molecule has 86 valence electrons. The molecule has 0 aromatic heterocycles. The summed E-state index contributed by atoms with van der Waals surface area (Å²) >= 11 is 3.21. The molecule has 2 rings (SSSR count). The lowest BCUT2D eigenvalue weighted by Gasteiger charge is -2.11. The Labute approximate surface area is 102 Å². The smallest absolute Gasteiger partial charge is 0.228 e. The van der Waals surface area contributed by atoms with E-state index in [0.29, 0.717) is 11.0 Å². The topological polar surface area (TPSA) is 41.1 Å². The SMILES string of the molecule is O=C(Nc1c(F)cccc1Br)C1CCNC1. The van der Waals surface area contributed by atoms with Crippen molar-refractivity contribution in [3.63, 3.8) is 0 Å². The Balaban J connectivity index is 2.11. The summed E-state index contributed by atoms with van der Waals surface area (Å²) in [5.41, 5.74) is 0.222. The largest absolute Gasteiger partial charge is 0.322 e. The van der Waals surface area contributed by atoms with Crippen LogP contribution >= 0.6 is 15.9 Å². The van der Waals surface area contributed by atoms with Crippen molar-refractivity contribution in [1.29, 1.82) is 0 Å². The highest BCUT2D eigenvalue weighted by atomic mass is 79.9. The van der Waals surface area contributed by atoms with Gasteiger partial charge in [0.05, 0.1) is 11.6 Å². The molecule has 1 aliphatic rings. The van der Waals surface area contributed by atoms with E-state index in [1.165, 1.54) is 6.07 Å². The lowest BCUT2D eigenvalue weighted by Crippen LogP contribution is -2.25. The molecule has 1 saturated heterocycles. The molecule has 1 aliphatic heterocycles. The maximum absolute atomic E-state index is 13.4. The summed E-state index contributed by atoms with van der Waals surface area (Å²) < 4.78 is 14.0. The minimum absolute atomic E-state index is 0.0634. The van der Waals surface area contributed by atoms with Gasteiger partial charge in [0, 0.05) is 11.0 Å². The van der Waals surface area contributed by atoms with E-state index in [4.69, 9.17) is 0 Å². The van der Waals surface area contributed by atoms with Crippen LogP contribution in [-0.4, -0.2) is 19.0 Å². The molecule has 0 saturated carbocycles. The van der Waals surface area contributed by atoms with Crippen LogP contribution in [0.3, 0.4) is 0 Å². The average molecular weight is 287 g/mol. The highest BCUT2D eigenvalue weighted by Gasteiger charge is 2.23. The van der Waals surface area contributed by atoms with E-state index in [1.807, 2.05) is 0 Å². The number of hydrogen-bond acceptors (Lipinski definition) is 2. The van der Waals surface area contributed by atoms with Gasteiger partial charge < -0.3 is 10.6 Å². The van der Waals surface area contributed by atoms with Crippen molar-refractivity contribution in [2.75, 3.05) is 18.4 Å². The molecule has 1 unspecified atom stereocenters. The molecule has 1 atom stereocenters. The molecule has 1 fully saturated rings. The van der Waals surface area contributed by atoms with Crippen molar-refractivity contribution in [3.05, 3.63) is 28.5 Å². The molecule has 1 heterocycles. The molecular weight excluding hydrogens is 275 g/mol. The van der Waals surface area contributed by atoms with Gasteiger partial charge in [0.2, 0.25) is 5.91 Å². The van der Waals surface area contributed by atoms with Crippen LogP contribution in [0.2, 0.25) is 0 Å². The highest BCUT2D eigenvalue weighted by Crippen LogP contribution is 2.26. The fourth-order valence-electron chi connectivity index (χ4n) is 1.72. The van der Waals surface area contributed by atoms with Crippen LogP contribution in [0, 0.1) is 11.7 Å². The van der Waals surface area contributed by atoms with Crippen molar-refractivity contribution in [2.24, 2.45) is 5.92 Å². The molecule has 16 heavy (non-hydrogen) atoms. The Hall–Kier alpha value is -0.940. The Morgan fingerprint density at radius 3 is 3.00 bits per heavy atom. The number of para-hydroxylation sites is 1. The van der Waals surface area contributed by atoms with Crippen LogP contribution in [-0.2, 0) is 4.79 Å². The number of carbonyl (C=O) groups is 1. The van der Waals surface area contributed by atoms with Crippen molar-refractivity contribution in [3.8, 4) is 0 Å². The molecule has 1 aromatic carbocycles. The summed E-state index contributed by atoms with van der Waals surface area (Å²) in [6.45, 7) is 1.51. The van der Waals surface area contributed by atoms with Gasteiger partial charge in [-0.2, -0.15) is 0 Å². The highest BCUT2D eigenvalue weighted by molar-refractivity contribution is 9.10. The van der Waals surface area contributed by atoms with Crippen LogP contribution < -0.4 is 10.6 Å². The average Bonchev–Trinajstić information content (AvgIpc) is 2.76. The quantitative estimate of drug-likeness (QED) is 0.875. The maximum atomic E-state index is 13.4. The van der Waals surface area contributed by atoms with Crippen molar-refractivity contribution >= 4 is 27.5 Å². The summed E-state index contributed by atoms with van der Waals surface area (Å²) in [6.07, 6.45) is 0.803. The van der Waals surface area contributed by atoms with Gasteiger partial charge in [0.1, 0.15) is 5.82 Å². The van der Waals surface area contributed by atoms with E-state index >= 15 is 0 Å². The summed E-state index contributed by atoms with van der Waals surface area (Å²) in [5.74, 6) is -0.615. The predicted molar refractivity (Wildman–Crippen MR) is 63.7 cm³/mol. The van der Waals surface area contributed by atoms with Crippen LogP contribution in [0.4, 0.5) is 10.1 Å². The number of nitrogens with one attached hydrogen (secondary N) is 2. The zero-order valence-corrected chi connectivity index (χ0v) is 10.2. The maximum Gasteiger partial charge on any atom is 0.228 e. The van der Waals surface area contributed by atoms with Crippen molar-refractivity contribution < 1.29 is 9.18 Å². The van der Waals surface area contributed by atoms with E-state index in [0.717, 1.165) is 13.0 Å². The normalized spacial score (nSPS) is 19.8.